The van der Waals surface area contributed by atoms with Gasteiger partial charge in [0.1, 0.15) is 0 Å². The van der Waals surface area contributed by atoms with Gasteiger partial charge >= 0.3 is 0 Å². The monoisotopic (exact) mass is 364 g/mol. The van der Waals surface area contributed by atoms with Crippen LogP contribution in [0.2, 0.25) is 0 Å². The van der Waals surface area contributed by atoms with Gasteiger partial charge in [0.05, 0.1) is 17.1 Å². The second kappa shape index (κ2) is 7.15. The molecule has 0 saturated carbocycles. The minimum atomic E-state index is -3.16. The van der Waals surface area contributed by atoms with E-state index in [0.29, 0.717) is 43.9 Å². The average molecular weight is 364 g/mol. The van der Waals surface area contributed by atoms with E-state index in [1.807, 2.05) is 13.0 Å². The summed E-state index contributed by atoms with van der Waals surface area (Å²) in [5.41, 5.74) is 1.68. The fourth-order valence-corrected chi connectivity index (χ4v) is 5.10. The summed E-state index contributed by atoms with van der Waals surface area (Å²) in [6.07, 6.45) is 2.15. The summed E-state index contributed by atoms with van der Waals surface area (Å²) in [4.78, 5) is 28.2. The van der Waals surface area contributed by atoms with Crippen molar-refractivity contribution in [1.82, 2.24) is 9.80 Å². The third-order valence-corrected chi connectivity index (χ3v) is 6.86. The highest BCUT2D eigenvalue weighted by molar-refractivity contribution is 7.91. The van der Waals surface area contributed by atoms with Crippen LogP contribution in [-0.2, 0) is 32.3 Å². The van der Waals surface area contributed by atoms with Gasteiger partial charge in [-0.2, -0.15) is 0 Å². The molecule has 0 radical (unpaired) electrons. The third-order valence-electron chi connectivity index (χ3n) is 4.96. The number of sulfone groups is 1. The molecule has 0 atom stereocenters. The molecule has 1 aromatic rings. The molecule has 0 aromatic heterocycles. The predicted octanol–water partition coefficient (Wildman–Crippen LogP) is 1.03. The van der Waals surface area contributed by atoms with Gasteiger partial charge in [0.15, 0.2) is 9.84 Å². The van der Waals surface area contributed by atoms with E-state index < -0.39 is 9.84 Å². The van der Waals surface area contributed by atoms with Crippen LogP contribution in [0.15, 0.2) is 23.1 Å². The average Bonchev–Trinajstić information content (AvgIpc) is 2.60. The minimum absolute atomic E-state index is 0.0298. The van der Waals surface area contributed by atoms with Crippen molar-refractivity contribution >= 4 is 21.7 Å². The lowest BCUT2D eigenvalue weighted by Crippen LogP contribution is -2.50. The van der Waals surface area contributed by atoms with E-state index in [-0.39, 0.29) is 24.0 Å². The van der Waals surface area contributed by atoms with Crippen molar-refractivity contribution in [2.75, 3.05) is 31.9 Å². The van der Waals surface area contributed by atoms with Crippen molar-refractivity contribution in [1.29, 1.82) is 0 Å². The Hall–Kier alpha value is -1.89. The number of aryl methyl sites for hydroxylation is 1. The van der Waals surface area contributed by atoms with Crippen LogP contribution >= 0.6 is 0 Å². The highest BCUT2D eigenvalue weighted by Crippen LogP contribution is 2.26. The number of hydrogen-bond donors (Lipinski definition) is 0. The molecule has 2 aliphatic heterocycles. The van der Waals surface area contributed by atoms with Crippen molar-refractivity contribution in [2.45, 2.75) is 37.5 Å². The molecule has 0 spiro atoms. The highest BCUT2D eigenvalue weighted by Gasteiger charge is 2.25. The number of amides is 2. The predicted molar refractivity (Wildman–Crippen MR) is 94.0 cm³/mol. The zero-order valence-corrected chi connectivity index (χ0v) is 15.3. The highest BCUT2D eigenvalue weighted by atomic mass is 32.2. The van der Waals surface area contributed by atoms with Crippen LogP contribution in [-0.4, -0.2) is 62.0 Å². The molecule has 7 heteroatoms. The van der Waals surface area contributed by atoms with E-state index in [9.17, 15) is 18.0 Å². The molecule has 0 N–H and O–H groups in total. The number of fused-ring (bicyclic) bond motifs is 1. The first kappa shape index (κ1) is 17.9. The van der Waals surface area contributed by atoms with E-state index in [4.69, 9.17) is 0 Å². The standard InChI is InChI=1S/C18H24N2O4S/c1-2-17(21)19-7-9-20(10-8-19)18(22)13-14-5-6-16-15(12-14)4-3-11-25(16,23)24/h5-6,12H,2-4,7-11,13H2,1H3. The van der Waals surface area contributed by atoms with Crippen LogP contribution in [0.4, 0.5) is 0 Å². The summed E-state index contributed by atoms with van der Waals surface area (Å²) in [7, 11) is -3.16. The molecule has 6 nitrogen and oxygen atoms in total. The van der Waals surface area contributed by atoms with E-state index in [1.165, 1.54) is 0 Å². The fourth-order valence-electron chi connectivity index (χ4n) is 3.52. The number of benzene rings is 1. The summed E-state index contributed by atoms with van der Waals surface area (Å²) >= 11 is 0. The number of piperazine rings is 1. The van der Waals surface area contributed by atoms with E-state index >= 15 is 0 Å². The fraction of sp³-hybridized carbons (Fsp3) is 0.556. The van der Waals surface area contributed by atoms with Gasteiger partial charge in [-0.3, -0.25) is 9.59 Å². The summed E-state index contributed by atoms with van der Waals surface area (Å²) in [5.74, 6) is 0.365. The van der Waals surface area contributed by atoms with Crippen molar-refractivity contribution in [3.05, 3.63) is 29.3 Å². The summed E-state index contributed by atoms with van der Waals surface area (Å²) in [5, 5.41) is 0. The van der Waals surface area contributed by atoms with Gasteiger partial charge in [-0.1, -0.05) is 19.1 Å². The van der Waals surface area contributed by atoms with Gasteiger partial charge in [0.25, 0.3) is 0 Å². The quantitative estimate of drug-likeness (QED) is 0.803. The number of carbonyl (C=O) groups excluding carboxylic acids is 2. The summed E-state index contributed by atoms with van der Waals surface area (Å²) in [6.45, 7) is 4.13. The lowest BCUT2D eigenvalue weighted by Gasteiger charge is -2.34. The van der Waals surface area contributed by atoms with Gasteiger partial charge < -0.3 is 9.80 Å². The van der Waals surface area contributed by atoms with Crippen molar-refractivity contribution < 1.29 is 18.0 Å². The number of rotatable bonds is 3. The van der Waals surface area contributed by atoms with Crippen LogP contribution in [0.3, 0.4) is 0 Å². The first-order valence-corrected chi connectivity index (χ1v) is 10.5. The molecule has 2 amide bonds. The molecular weight excluding hydrogens is 340 g/mol. The molecule has 1 fully saturated rings. The molecule has 0 aliphatic carbocycles. The summed E-state index contributed by atoms with van der Waals surface area (Å²) in [6, 6.07) is 5.25. The SMILES string of the molecule is CCC(=O)N1CCN(C(=O)Cc2ccc3c(c2)CCCS3(=O)=O)CC1. The molecule has 25 heavy (non-hydrogen) atoms. The van der Waals surface area contributed by atoms with Gasteiger partial charge in [-0.05, 0) is 30.0 Å². The zero-order valence-electron chi connectivity index (χ0n) is 14.5. The first-order valence-electron chi connectivity index (χ1n) is 8.81. The lowest BCUT2D eigenvalue weighted by atomic mass is 10.0. The van der Waals surface area contributed by atoms with Crippen molar-refractivity contribution in [2.24, 2.45) is 0 Å². The number of hydrogen-bond acceptors (Lipinski definition) is 4. The van der Waals surface area contributed by atoms with E-state index in [2.05, 4.69) is 0 Å². The summed E-state index contributed by atoms with van der Waals surface area (Å²) < 4.78 is 24.1. The van der Waals surface area contributed by atoms with Crippen molar-refractivity contribution in [3.63, 3.8) is 0 Å². The Bertz CT molecular complexity index is 780. The van der Waals surface area contributed by atoms with E-state index in [0.717, 1.165) is 17.5 Å². The minimum Gasteiger partial charge on any atom is -0.339 e. The van der Waals surface area contributed by atoms with Gasteiger partial charge in [0, 0.05) is 32.6 Å². The lowest BCUT2D eigenvalue weighted by molar-refractivity contribution is -0.139. The van der Waals surface area contributed by atoms with Gasteiger partial charge in [-0.15, -0.1) is 0 Å². The molecule has 2 aliphatic rings. The molecule has 136 valence electrons. The van der Waals surface area contributed by atoms with Crippen LogP contribution in [0.1, 0.15) is 30.9 Å². The maximum Gasteiger partial charge on any atom is 0.227 e. The molecule has 0 unspecified atom stereocenters. The first-order chi connectivity index (χ1) is 11.9. The number of carbonyl (C=O) groups is 2. The third kappa shape index (κ3) is 3.86. The molecule has 2 heterocycles. The zero-order chi connectivity index (χ0) is 18.0. The van der Waals surface area contributed by atoms with Crippen LogP contribution in [0, 0.1) is 0 Å². The maximum absolute atomic E-state index is 12.5. The Balaban J connectivity index is 1.64. The molecule has 0 bridgehead atoms. The van der Waals surface area contributed by atoms with Gasteiger partial charge in [-0.25, -0.2) is 8.42 Å². The van der Waals surface area contributed by atoms with Crippen LogP contribution in [0.25, 0.3) is 0 Å². The maximum atomic E-state index is 12.5. The Morgan fingerprint density at radius 3 is 2.32 bits per heavy atom. The van der Waals surface area contributed by atoms with E-state index in [1.54, 1.807) is 21.9 Å². The molecule has 1 saturated heterocycles. The van der Waals surface area contributed by atoms with Crippen molar-refractivity contribution in [3.8, 4) is 0 Å². The molecule has 1 aromatic carbocycles. The second-order valence-electron chi connectivity index (χ2n) is 6.66. The van der Waals surface area contributed by atoms with Gasteiger partial charge in [0.2, 0.25) is 11.8 Å². The smallest absolute Gasteiger partial charge is 0.227 e. The largest absolute Gasteiger partial charge is 0.339 e. The van der Waals surface area contributed by atoms with Crippen LogP contribution in [0.5, 0.6) is 0 Å². The Labute approximate surface area is 148 Å². The Morgan fingerprint density at radius 1 is 1.04 bits per heavy atom. The molecule has 3 rings (SSSR count). The molecular formula is C18H24N2O4S. The Kier molecular flexibility index (Phi) is 5.13. The van der Waals surface area contributed by atoms with Crippen LogP contribution < -0.4 is 0 Å². The Morgan fingerprint density at radius 2 is 1.68 bits per heavy atom. The number of nitrogens with zero attached hydrogens (tertiary/aromatic N) is 2. The second-order valence-corrected chi connectivity index (χ2v) is 8.73. The normalized spacial score (nSPS) is 19.4. The topological polar surface area (TPSA) is 74.8 Å².